The molecule has 45 heteroatoms. The summed E-state index contributed by atoms with van der Waals surface area (Å²) in [5, 5.41) is 68.9. The lowest BCUT2D eigenvalue weighted by Gasteiger charge is -2.36. The predicted molar refractivity (Wildman–Crippen MR) is 473 cm³/mol. The van der Waals surface area contributed by atoms with Crippen molar-refractivity contribution in [2.45, 2.75) is 221 Å². The minimum Gasteiger partial charge on any atom is -0.508 e. The largest absolute Gasteiger partial charge is 0.508 e. The van der Waals surface area contributed by atoms with Crippen molar-refractivity contribution in [3.05, 3.63) is 102 Å². The molecule has 24 N–H and O–H groups in total. The number of aromatic nitrogens is 2. The third kappa shape index (κ3) is 28.6. The van der Waals surface area contributed by atoms with Crippen molar-refractivity contribution in [1.82, 2.24) is 87.6 Å². The lowest BCUT2D eigenvalue weighted by molar-refractivity contribution is -0.149. The number of benzene rings is 3. The second-order valence-electron chi connectivity index (χ2n) is 32.8. The van der Waals surface area contributed by atoms with E-state index in [2.05, 4.69) is 63.1 Å². The summed E-state index contributed by atoms with van der Waals surface area (Å²) >= 11 is 0.693. The molecule has 0 aliphatic carbocycles. The van der Waals surface area contributed by atoms with Gasteiger partial charge in [-0.25, -0.2) is 0 Å². The molecule has 3 fully saturated rings. The minimum absolute atomic E-state index is 0.0605. The molecule has 3 aromatic carbocycles. The number of hydrogen-bond acceptors (Lipinski definition) is 24. The molecule has 18 amide bonds. The van der Waals surface area contributed by atoms with E-state index in [4.69, 9.17) is 22.9 Å². The van der Waals surface area contributed by atoms with Gasteiger partial charge >= 0.3 is 5.97 Å². The van der Waals surface area contributed by atoms with E-state index >= 15 is 33.6 Å². The first kappa shape index (κ1) is 103. The number of likely N-dealkylation sites (N-methyl/N-ethyl adjacent to an activating group) is 3. The molecule has 0 bridgehead atoms. The van der Waals surface area contributed by atoms with Crippen LogP contribution in [0.15, 0.2) is 85.2 Å². The molecule has 712 valence electrons. The van der Waals surface area contributed by atoms with Crippen LogP contribution < -0.4 is 76.1 Å². The summed E-state index contributed by atoms with van der Waals surface area (Å²) in [4.78, 5) is 283. The summed E-state index contributed by atoms with van der Waals surface area (Å²) in [5.41, 5.74) is 25.2. The van der Waals surface area contributed by atoms with Crippen LogP contribution in [-0.2, 0) is 110 Å². The van der Waals surface area contributed by atoms with Gasteiger partial charge in [-0.1, -0.05) is 88.1 Å². The van der Waals surface area contributed by atoms with Gasteiger partial charge in [0.05, 0.1) is 31.4 Å². The average Bonchev–Trinajstić information content (AvgIpc) is 1.80. The predicted octanol–water partition coefficient (Wildman–Crippen LogP) is -5.11. The lowest BCUT2D eigenvalue weighted by atomic mass is 10.00. The fourth-order valence-electron chi connectivity index (χ4n) is 15.8. The highest BCUT2D eigenvalue weighted by Crippen LogP contribution is 2.28. The maximum atomic E-state index is 15.6. The van der Waals surface area contributed by atoms with Gasteiger partial charge in [-0.3, -0.25) is 91.1 Å². The summed E-state index contributed by atoms with van der Waals surface area (Å²) in [6.45, 7) is 1.46. The van der Waals surface area contributed by atoms with Crippen LogP contribution in [0.25, 0.3) is 21.8 Å². The zero-order valence-electron chi connectivity index (χ0n) is 73.7. The zero-order chi connectivity index (χ0) is 96.2. The zero-order valence-corrected chi connectivity index (χ0v) is 74.5. The number of carboxylic acid groups (broad SMARTS) is 1. The number of unbranched alkanes of at least 4 members (excludes halogenated alkanes) is 2. The van der Waals surface area contributed by atoms with E-state index in [9.17, 15) is 78.0 Å². The second kappa shape index (κ2) is 48.9. The number of fused-ring (bicyclic) bond motifs is 4. The highest BCUT2D eigenvalue weighted by Gasteiger charge is 2.47. The maximum Gasteiger partial charge on any atom is 0.303 e. The van der Waals surface area contributed by atoms with Gasteiger partial charge in [0.1, 0.15) is 90.3 Å². The molecule has 0 unspecified atom stereocenters. The van der Waals surface area contributed by atoms with Crippen LogP contribution in [0.1, 0.15) is 127 Å². The molecule has 8 rings (SSSR count). The van der Waals surface area contributed by atoms with Crippen molar-refractivity contribution >= 4 is 146 Å². The molecular formula is C86H119N21O23S. The number of phenolic OH excluding ortho intramolecular Hbond substituents is 1. The Morgan fingerprint density at radius 2 is 1.02 bits per heavy atom. The number of nitrogens with two attached hydrogens (primary N) is 4. The van der Waals surface area contributed by atoms with Crippen molar-refractivity contribution in [3.8, 4) is 5.75 Å². The summed E-state index contributed by atoms with van der Waals surface area (Å²) in [7, 11) is 3.74. The number of nitrogens with one attached hydrogen (secondary N) is 12. The van der Waals surface area contributed by atoms with Gasteiger partial charge in [-0.15, -0.1) is 11.8 Å². The van der Waals surface area contributed by atoms with Gasteiger partial charge < -0.3 is 131 Å². The number of carbonyl (C=O) groups is 19. The lowest BCUT2D eigenvalue weighted by Crippen LogP contribution is -2.62. The molecule has 15 atom stereocenters. The summed E-state index contributed by atoms with van der Waals surface area (Å²) in [5.74, 6) is -21.3. The van der Waals surface area contributed by atoms with E-state index in [1.54, 1.807) is 74.8 Å². The van der Waals surface area contributed by atoms with E-state index in [0.29, 0.717) is 63.1 Å². The normalized spacial score (nSPS) is 25.1. The topological polar surface area (TPSA) is 677 Å². The smallest absolute Gasteiger partial charge is 0.303 e. The maximum absolute atomic E-state index is 15.6. The molecular weight excluding hydrogens is 1730 g/mol. The number of aliphatic hydroxyl groups excluding tert-OH is 2. The molecule has 131 heavy (non-hydrogen) atoms. The number of thioether (sulfide) groups is 1. The number of rotatable bonds is 25. The van der Waals surface area contributed by atoms with Gasteiger partial charge in [0.25, 0.3) is 0 Å². The number of nitrogens with zero attached hydrogens (tertiary/aromatic N) is 5. The highest BCUT2D eigenvalue weighted by molar-refractivity contribution is 8.00. The molecule has 44 nitrogen and oxygen atoms in total. The van der Waals surface area contributed by atoms with E-state index in [0.717, 1.165) is 24.5 Å². The number of carboxylic acids is 1. The Balaban J connectivity index is 1.19. The van der Waals surface area contributed by atoms with Crippen LogP contribution in [0.5, 0.6) is 5.75 Å². The Morgan fingerprint density at radius 1 is 0.511 bits per heavy atom. The van der Waals surface area contributed by atoms with E-state index in [1.165, 1.54) is 52.3 Å². The third-order valence-electron chi connectivity index (χ3n) is 23.2. The van der Waals surface area contributed by atoms with E-state index in [-0.39, 0.29) is 70.1 Å². The highest BCUT2D eigenvalue weighted by atomic mass is 32.2. The first-order valence-electron chi connectivity index (χ1n) is 43.2. The summed E-state index contributed by atoms with van der Waals surface area (Å²) in [6, 6.07) is -4.05. The number of aromatic amines is 2. The third-order valence-corrected chi connectivity index (χ3v) is 24.2. The fourth-order valence-corrected chi connectivity index (χ4v) is 16.6. The van der Waals surface area contributed by atoms with Gasteiger partial charge in [0.2, 0.25) is 106 Å². The van der Waals surface area contributed by atoms with Crippen molar-refractivity contribution < 1.29 is 112 Å². The van der Waals surface area contributed by atoms with Crippen LogP contribution in [0.2, 0.25) is 0 Å². The molecule has 3 aliphatic rings. The van der Waals surface area contributed by atoms with Crippen LogP contribution in [0.3, 0.4) is 0 Å². The molecule has 5 heterocycles. The number of phenols is 1. The van der Waals surface area contributed by atoms with Crippen LogP contribution in [0.4, 0.5) is 0 Å². The Labute approximate surface area is 758 Å². The number of hydrogen-bond donors (Lipinski definition) is 20. The Kier molecular flexibility index (Phi) is 38.5. The van der Waals surface area contributed by atoms with Gasteiger partial charge in [0.15, 0.2) is 0 Å². The van der Waals surface area contributed by atoms with Crippen molar-refractivity contribution in [2.75, 3.05) is 65.4 Å². The quantitative estimate of drug-likeness (QED) is 0.0260. The van der Waals surface area contributed by atoms with Crippen LogP contribution in [-0.4, -0.2) is 323 Å². The molecule has 2 aromatic heterocycles. The number of primary amides is 3. The van der Waals surface area contributed by atoms with Crippen molar-refractivity contribution in [1.29, 1.82) is 0 Å². The first-order chi connectivity index (χ1) is 62.3. The standard InChI is InChI=1S/C86H119N21O23S/c1-7-9-20-64-79(123)95-55(28-30-72(115)116)75(119)102-63(74(118)93-40-70(90)113)43-131-44-71(114)94-58(32-46-23-25-49(109)26-24-46)82(126)103(4)45(3)73(117)98-60(36-69(89)112)85(129)106-31-15-22-65(106)80(124)100-61(37-87)77(121)96-56(27-29-68(88)111)84(128)107-41-50(110)35-67(107)81(125)97-57(33-47-38-91-53-18-13-11-16-51(47)53)76(120)101-62(42-108)78(122)99-59(34-48-39-92-54-19-14-12-17-52(48)54)83(127)105(6)66(21-10-8-2)86(130)104(64)5/h11-14,16-19,23-26,38-39,45,50,55-67,91-92,108-110H,7-10,15,20-22,27-37,40-44,87H2,1-6H3,(H2,88,111)(H2,89,112)(H2,90,113)(H,93,118)(H,94,114)(H,95,123)(H,96,121)(H,97,125)(H,98,117)(H,99,122)(H,100,124)(H,101,120)(H,102,119)(H,115,116)/t45-,50+,55-,56-,57-,58-,59-,60-,61-,62-,63-,64-,65-,66-,67-/m0/s1. The number of para-hydroxylation sites is 2. The fraction of sp³-hybridized carbons (Fsp3) is 0.523. The number of carbonyl (C=O) groups excluding carboxylic acids is 18. The second-order valence-corrected chi connectivity index (χ2v) is 33.8. The van der Waals surface area contributed by atoms with Crippen LogP contribution in [0, 0.1) is 0 Å². The summed E-state index contributed by atoms with van der Waals surface area (Å²) < 4.78 is 0. The average molecular weight is 1850 g/mol. The SMILES string of the molecule is CCCC[C@H]1C(=O)N(C)[C@@H](CCCC)C(=O)N[C@@H](CCC(=O)O)C(=O)N[C@H](C(=O)NCC(N)=O)CSCC(=O)N[C@@H](Cc2ccc(O)cc2)C(=O)N(C)[C@@H](C)C(=O)N[C@@H](CC(N)=O)C(=O)N2CCC[C@H]2C(=O)N[C@@H](CN)C(=O)N[C@@H](CCC(N)=O)C(=O)N2C[C@H](O)C[C@H]2C(=O)N[C@@H](Cc2c[nH]c3ccccc23)C(=O)N[C@@H](CO)C(=O)N[C@@H](Cc2c[nH]c3ccccc23)C(=O)N1C. The van der Waals surface area contributed by atoms with Crippen molar-refractivity contribution in [3.63, 3.8) is 0 Å². The Morgan fingerprint density at radius 3 is 1.62 bits per heavy atom. The number of aromatic hydroxyl groups is 1. The molecule has 3 aliphatic heterocycles. The molecule has 0 saturated carbocycles. The number of H-pyrrole nitrogens is 2. The van der Waals surface area contributed by atoms with E-state index < -0.39 is 279 Å². The number of aliphatic hydroxyl groups is 2. The monoisotopic (exact) mass is 1850 g/mol. The first-order valence-corrected chi connectivity index (χ1v) is 44.4. The van der Waals surface area contributed by atoms with E-state index in [1.807, 2.05) is 0 Å². The molecule has 3 saturated heterocycles. The molecule has 5 aromatic rings. The van der Waals surface area contributed by atoms with Crippen molar-refractivity contribution in [2.24, 2.45) is 22.9 Å². The summed E-state index contributed by atoms with van der Waals surface area (Å²) in [6.07, 6.45) is -1.85. The number of amides is 18. The Hall–Kier alpha value is -13.3. The molecule has 0 radical (unpaired) electrons. The molecule has 0 spiro atoms. The van der Waals surface area contributed by atoms with Gasteiger partial charge in [-0.05, 0) is 86.4 Å². The van der Waals surface area contributed by atoms with Crippen LogP contribution >= 0.6 is 11.8 Å². The Bertz CT molecular complexity index is 4990. The minimum atomic E-state index is -1.94. The van der Waals surface area contributed by atoms with Gasteiger partial charge in [0, 0.05) is 119 Å². The number of aliphatic carboxylic acids is 1. The van der Waals surface area contributed by atoms with Gasteiger partial charge in [-0.2, -0.15) is 0 Å².